The summed E-state index contributed by atoms with van der Waals surface area (Å²) in [5.41, 5.74) is 1.74. The molecule has 0 amide bonds. The fraction of sp³-hybridized carbons (Fsp3) is 0.400. The summed E-state index contributed by atoms with van der Waals surface area (Å²) in [6.45, 7) is 0.287. The quantitative estimate of drug-likeness (QED) is 0.538. The lowest BCUT2D eigenvalue weighted by atomic mass is 10.1. The second-order valence-electron chi connectivity index (χ2n) is 5.65. The molecule has 26 heavy (non-hydrogen) atoms. The Morgan fingerprint density at radius 3 is 2.00 bits per heavy atom. The molecule has 2 aromatic carbocycles. The van der Waals surface area contributed by atoms with Crippen LogP contribution in [0.4, 0.5) is 0 Å². The lowest BCUT2D eigenvalue weighted by Gasteiger charge is -2.09. The van der Waals surface area contributed by atoms with Gasteiger partial charge in [0.15, 0.2) is 0 Å². The summed E-state index contributed by atoms with van der Waals surface area (Å²) in [6, 6.07) is 10.1. The van der Waals surface area contributed by atoms with E-state index < -0.39 is 0 Å². The minimum absolute atomic E-state index is 0.0924. The largest absolute Gasteiger partial charge is 0.508 e. The van der Waals surface area contributed by atoms with Crippen LogP contribution in [-0.2, 0) is 12.8 Å². The topological polar surface area (TPSA) is 99.4 Å². The van der Waals surface area contributed by atoms with Crippen LogP contribution in [0.5, 0.6) is 23.0 Å². The van der Waals surface area contributed by atoms with Gasteiger partial charge in [-0.05, 0) is 73.2 Å². The second kappa shape index (κ2) is 12.0. The summed E-state index contributed by atoms with van der Waals surface area (Å²) >= 11 is 0. The van der Waals surface area contributed by atoms with Gasteiger partial charge in [0, 0.05) is 13.2 Å². The first-order chi connectivity index (χ1) is 12.5. The summed E-state index contributed by atoms with van der Waals surface area (Å²) in [4.78, 5) is 0. The average Bonchev–Trinajstić information content (AvgIpc) is 2.67. The first-order valence-electron chi connectivity index (χ1n) is 8.49. The Morgan fingerprint density at radius 1 is 0.769 bits per heavy atom. The Labute approximate surface area is 154 Å². The van der Waals surface area contributed by atoms with Gasteiger partial charge in [-0.25, -0.2) is 0 Å². The molecule has 0 aromatic heterocycles. The number of phenolic OH excluding ortho intramolecular Hbond substituents is 2. The van der Waals surface area contributed by atoms with Crippen molar-refractivity contribution in [2.45, 2.75) is 25.7 Å². The SMILES string of the molecule is COc1ccc(OC)c(CCCO)c1.OCCCc1cc(O)ccc1O. The Morgan fingerprint density at radius 2 is 1.42 bits per heavy atom. The molecule has 0 aliphatic heterocycles. The van der Waals surface area contributed by atoms with Crippen LogP contribution in [0.15, 0.2) is 36.4 Å². The van der Waals surface area contributed by atoms with Crippen molar-refractivity contribution in [3.8, 4) is 23.0 Å². The molecule has 0 saturated heterocycles. The molecule has 0 atom stereocenters. The molecule has 0 heterocycles. The number of aliphatic hydroxyl groups is 2. The monoisotopic (exact) mass is 364 g/mol. The maximum Gasteiger partial charge on any atom is 0.122 e. The molecule has 0 spiro atoms. The van der Waals surface area contributed by atoms with Crippen molar-refractivity contribution in [2.75, 3.05) is 27.4 Å². The third kappa shape index (κ3) is 7.21. The second-order valence-corrected chi connectivity index (χ2v) is 5.65. The van der Waals surface area contributed by atoms with E-state index in [1.807, 2.05) is 18.2 Å². The van der Waals surface area contributed by atoms with Crippen molar-refractivity contribution in [1.82, 2.24) is 0 Å². The molecule has 2 rings (SSSR count). The van der Waals surface area contributed by atoms with E-state index in [9.17, 15) is 5.11 Å². The van der Waals surface area contributed by atoms with E-state index in [0.29, 0.717) is 18.4 Å². The van der Waals surface area contributed by atoms with Crippen LogP contribution in [-0.4, -0.2) is 47.9 Å². The highest BCUT2D eigenvalue weighted by atomic mass is 16.5. The molecule has 144 valence electrons. The Kier molecular flexibility index (Phi) is 9.97. The van der Waals surface area contributed by atoms with Crippen LogP contribution in [0.3, 0.4) is 0 Å². The van der Waals surface area contributed by atoms with Crippen LogP contribution >= 0.6 is 0 Å². The maximum absolute atomic E-state index is 9.27. The Balaban J connectivity index is 0.000000263. The fourth-order valence-corrected chi connectivity index (χ4v) is 2.39. The zero-order valence-corrected chi connectivity index (χ0v) is 15.3. The van der Waals surface area contributed by atoms with E-state index in [1.165, 1.54) is 18.2 Å². The van der Waals surface area contributed by atoms with E-state index in [4.69, 9.17) is 24.8 Å². The van der Waals surface area contributed by atoms with E-state index in [1.54, 1.807) is 14.2 Å². The summed E-state index contributed by atoms with van der Waals surface area (Å²) in [6.07, 6.45) is 2.72. The zero-order chi connectivity index (χ0) is 19.4. The van der Waals surface area contributed by atoms with Crippen molar-refractivity contribution in [1.29, 1.82) is 0 Å². The maximum atomic E-state index is 9.27. The number of hydrogen-bond acceptors (Lipinski definition) is 6. The predicted molar refractivity (Wildman–Crippen MR) is 100 cm³/mol. The third-order valence-electron chi connectivity index (χ3n) is 3.76. The number of aliphatic hydroxyl groups excluding tert-OH is 2. The van der Waals surface area contributed by atoms with Crippen molar-refractivity contribution in [3.63, 3.8) is 0 Å². The lowest BCUT2D eigenvalue weighted by Crippen LogP contribution is -1.95. The van der Waals surface area contributed by atoms with Gasteiger partial charge in [-0.15, -0.1) is 0 Å². The molecule has 0 fully saturated rings. The number of rotatable bonds is 8. The number of aromatic hydroxyl groups is 2. The van der Waals surface area contributed by atoms with Gasteiger partial charge in [-0.1, -0.05) is 0 Å². The molecular formula is C20H28O6. The van der Waals surface area contributed by atoms with Gasteiger partial charge in [0.1, 0.15) is 23.0 Å². The Hall–Kier alpha value is -2.44. The van der Waals surface area contributed by atoms with Gasteiger partial charge < -0.3 is 29.9 Å². The number of phenols is 2. The fourth-order valence-electron chi connectivity index (χ4n) is 2.39. The molecule has 0 saturated carbocycles. The van der Waals surface area contributed by atoms with E-state index >= 15 is 0 Å². The van der Waals surface area contributed by atoms with Crippen LogP contribution in [0.25, 0.3) is 0 Å². The minimum Gasteiger partial charge on any atom is -0.508 e. The van der Waals surface area contributed by atoms with Crippen molar-refractivity contribution in [2.24, 2.45) is 0 Å². The van der Waals surface area contributed by atoms with E-state index in [-0.39, 0.29) is 24.7 Å². The van der Waals surface area contributed by atoms with E-state index in [0.717, 1.165) is 29.9 Å². The van der Waals surface area contributed by atoms with Gasteiger partial charge in [0.2, 0.25) is 0 Å². The first-order valence-corrected chi connectivity index (χ1v) is 8.49. The molecule has 4 N–H and O–H groups in total. The number of benzene rings is 2. The normalized spacial score (nSPS) is 10.0. The summed E-state index contributed by atoms with van der Waals surface area (Å²) in [7, 11) is 3.28. The van der Waals surface area contributed by atoms with E-state index in [2.05, 4.69) is 0 Å². The summed E-state index contributed by atoms with van der Waals surface area (Å²) in [5, 5.41) is 35.6. The Bertz CT molecular complexity index is 657. The van der Waals surface area contributed by atoms with Gasteiger partial charge in [-0.2, -0.15) is 0 Å². The van der Waals surface area contributed by atoms with Crippen LogP contribution < -0.4 is 9.47 Å². The molecule has 0 radical (unpaired) electrons. The molecule has 0 aliphatic rings. The van der Waals surface area contributed by atoms with Crippen molar-refractivity contribution >= 4 is 0 Å². The number of ether oxygens (including phenoxy) is 2. The van der Waals surface area contributed by atoms with Gasteiger partial charge in [-0.3, -0.25) is 0 Å². The molecular weight excluding hydrogens is 336 g/mol. The molecule has 6 nitrogen and oxygen atoms in total. The molecule has 2 aromatic rings. The molecule has 0 unspecified atom stereocenters. The number of methoxy groups -OCH3 is 2. The van der Waals surface area contributed by atoms with Gasteiger partial charge in [0.25, 0.3) is 0 Å². The van der Waals surface area contributed by atoms with Gasteiger partial charge >= 0.3 is 0 Å². The van der Waals surface area contributed by atoms with Gasteiger partial charge in [0.05, 0.1) is 14.2 Å². The highest BCUT2D eigenvalue weighted by molar-refractivity contribution is 5.40. The molecule has 0 bridgehead atoms. The van der Waals surface area contributed by atoms with Crippen LogP contribution in [0, 0.1) is 0 Å². The first kappa shape index (κ1) is 21.6. The summed E-state index contributed by atoms with van der Waals surface area (Å²) < 4.78 is 10.3. The number of aryl methyl sites for hydroxylation is 2. The van der Waals surface area contributed by atoms with Crippen LogP contribution in [0.1, 0.15) is 24.0 Å². The third-order valence-corrected chi connectivity index (χ3v) is 3.76. The van der Waals surface area contributed by atoms with Crippen molar-refractivity contribution < 1.29 is 29.9 Å². The minimum atomic E-state index is 0.0924. The lowest BCUT2D eigenvalue weighted by molar-refractivity contribution is 0.287. The van der Waals surface area contributed by atoms with Crippen molar-refractivity contribution in [3.05, 3.63) is 47.5 Å². The molecule has 6 heteroatoms. The number of hydrogen-bond donors (Lipinski definition) is 4. The predicted octanol–water partition coefficient (Wildman–Crippen LogP) is 2.65. The highest BCUT2D eigenvalue weighted by Gasteiger charge is 2.04. The highest BCUT2D eigenvalue weighted by Crippen LogP contribution is 2.25. The smallest absolute Gasteiger partial charge is 0.122 e. The van der Waals surface area contributed by atoms with Crippen LogP contribution in [0.2, 0.25) is 0 Å². The molecule has 0 aliphatic carbocycles. The zero-order valence-electron chi connectivity index (χ0n) is 15.3. The summed E-state index contributed by atoms with van der Waals surface area (Å²) in [5.74, 6) is 1.97. The standard InChI is InChI=1S/C11H16O3.C9H12O3/c1-13-10-5-6-11(14-2)9(8-10)4-3-7-12;10-5-1-2-7-6-8(11)3-4-9(7)12/h5-6,8,12H,3-4,7H2,1-2H3;3-4,6,10-12H,1-2,5H2. The average molecular weight is 364 g/mol.